The first-order chi connectivity index (χ1) is 18.9. The first kappa shape index (κ1) is 28.3. The van der Waals surface area contributed by atoms with E-state index in [1.54, 1.807) is 7.05 Å². The Morgan fingerprint density at radius 2 is 1.79 bits per heavy atom. The van der Waals surface area contributed by atoms with Crippen molar-refractivity contribution < 1.29 is 24.2 Å². The largest absolute Gasteiger partial charge is 0.481 e. The van der Waals surface area contributed by atoms with Crippen LogP contribution in [0.3, 0.4) is 0 Å². The molecule has 9 nitrogen and oxygen atoms in total. The monoisotopic (exact) mass is 534 g/mol. The Hall–Kier alpha value is -3.72. The van der Waals surface area contributed by atoms with E-state index in [-0.39, 0.29) is 42.8 Å². The minimum atomic E-state index is -0.800. The molecule has 2 aliphatic rings. The zero-order valence-corrected chi connectivity index (χ0v) is 22.5. The first-order valence-electron chi connectivity index (χ1n) is 13.8. The lowest BCUT2D eigenvalue weighted by Gasteiger charge is -2.27. The molecular weight excluding hydrogens is 496 g/mol. The third-order valence-corrected chi connectivity index (χ3v) is 7.48. The van der Waals surface area contributed by atoms with Gasteiger partial charge < -0.3 is 20.5 Å². The van der Waals surface area contributed by atoms with Crippen LogP contribution in [-0.4, -0.2) is 53.6 Å². The molecule has 1 fully saturated rings. The lowest BCUT2D eigenvalue weighted by Crippen LogP contribution is -2.46. The highest BCUT2D eigenvalue weighted by Gasteiger charge is 2.33. The number of benzene rings is 2. The topological polar surface area (TPSA) is 120 Å². The van der Waals surface area contributed by atoms with Crippen molar-refractivity contribution in [3.8, 4) is 0 Å². The number of hydrogen-bond donors (Lipinski definition) is 3. The molecule has 39 heavy (non-hydrogen) atoms. The maximum absolute atomic E-state index is 13.5. The van der Waals surface area contributed by atoms with Gasteiger partial charge in [0.2, 0.25) is 11.8 Å². The summed E-state index contributed by atoms with van der Waals surface area (Å²) in [5.41, 5.74) is 2.70. The highest BCUT2D eigenvalue weighted by atomic mass is 16.5. The first-order valence-corrected chi connectivity index (χ1v) is 13.8. The lowest BCUT2D eigenvalue weighted by atomic mass is 9.83. The fourth-order valence-electron chi connectivity index (χ4n) is 5.35. The van der Waals surface area contributed by atoms with Crippen molar-refractivity contribution in [1.29, 1.82) is 0 Å². The van der Waals surface area contributed by atoms with Gasteiger partial charge in [0.25, 0.3) is 5.91 Å². The van der Waals surface area contributed by atoms with Crippen molar-refractivity contribution >= 4 is 23.7 Å². The number of hydrogen-bond acceptors (Lipinski definition) is 6. The van der Waals surface area contributed by atoms with Crippen molar-refractivity contribution in [2.45, 2.75) is 70.0 Å². The highest BCUT2D eigenvalue weighted by molar-refractivity contribution is 5.97. The summed E-state index contributed by atoms with van der Waals surface area (Å²) >= 11 is 0. The summed E-state index contributed by atoms with van der Waals surface area (Å²) in [4.78, 5) is 36.8. The Morgan fingerprint density at radius 3 is 2.46 bits per heavy atom. The number of nitrogens with one attached hydrogen (secondary N) is 2. The van der Waals surface area contributed by atoms with Gasteiger partial charge in [-0.1, -0.05) is 55.3 Å². The molecule has 1 heterocycles. The third kappa shape index (κ3) is 7.89. The van der Waals surface area contributed by atoms with Crippen LogP contribution in [0.4, 0.5) is 0 Å². The summed E-state index contributed by atoms with van der Waals surface area (Å²) < 4.78 is 5.54. The normalized spacial score (nSPS) is 17.3. The van der Waals surface area contributed by atoms with Crippen LogP contribution in [0.15, 0.2) is 59.7 Å². The summed E-state index contributed by atoms with van der Waals surface area (Å²) in [5.74, 6) is -0.572. The SMILES string of the molecule is CNC(CCCCC(=O)O)NC(=O)C(c1ccc(CN2N=C(c3ccccc3)OCC2=O)cc1)C1CCCC1. The van der Waals surface area contributed by atoms with Crippen molar-refractivity contribution in [3.63, 3.8) is 0 Å². The summed E-state index contributed by atoms with van der Waals surface area (Å²) in [6.45, 7) is 0.260. The average Bonchev–Trinajstić information content (AvgIpc) is 3.47. The molecule has 2 aromatic rings. The molecule has 4 rings (SSSR count). The van der Waals surface area contributed by atoms with Crippen molar-refractivity contribution in [2.24, 2.45) is 11.0 Å². The number of rotatable bonds is 13. The van der Waals surface area contributed by atoms with Crippen LogP contribution in [0.2, 0.25) is 0 Å². The number of carbonyl (C=O) groups is 3. The average molecular weight is 535 g/mol. The molecule has 2 atom stereocenters. The minimum Gasteiger partial charge on any atom is -0.481 e. The summed E-state index contributed by atoms with van der Waals surface area (Å²) in [6, 6.07) is 17.4. The molecule has 0 radical (unpaired) electrons. The van der Waals surface area contributed by atoms with E-state index in [1.165, 1.54) is 5.01 Å². The minimum absolute atomic E-state index is 0.00676. The van der Waals surface area contributed by atoms with Crippen LogP contribution < -0.4 is 10.6 Å². The summed E-state index contributed by atoms with van der Waals surface area (Å²) in [7, 11) is 1.81. The molecule has 0 spiro atoms. The molecule has 2 unspecified atom stereocenters. The molecule has 0 saturated heterocycles. The van der Waals surface area contributed by atoms with Gasteiger partial charge in [-0.15, -0.1) is 5.10 Å². The van der Waals surface area contributed by atoms with Gasteiger partial charge in [-0.2, -0.15) is 0 Å². The number of aliphatic carboxylic acids is 1. The molecule has 2 aromatic carbocycles. The maximum atomic E-state index is 13.5. The predicted molar refractivity (Wildman–Crippen MR) is 148 cm³/mol. The lowest BCUT2D eigenvalue weighted by molar-refractivity contribution is -0.137. The molecule has 0 bridgehead atoms. The fraction of sp³-hybridized carbons (Fsp3) is 0.467. The Labute approximate surface area is 229 Å². The van der Waals surface area contributed by atoms with Crippen molar-refractivity contribution in [2.75, 3.05) is 13.7 Å². The fourth-order valence-corrected chi connectivity index (χ4v) is 5.35. The number of ether oxygens (including phenoxy) is 1. The van der Waals surface area contributed by atoms with E-state index in [0.29, 0.717) is 25.3 Å². The molecule has 208 valence electrons. The summed E-state index contributed by atoms with van der Waals surface area (Å²) in [5, 5.41) is 21.0. The third-order valence-electron chi connectivity index (χ3n) is 7.48. The van der Waals surface area contributed by atoms with E-state index < -0.39 is 5.97 Å². The molecule has 1 aliphatic heterocycles. The van der Waals surface area contributed by atoms with Gasteiger partial charge in [0.05, 0.1) is 18.6 Å². The van der Waals surface area contributed by atoms with Gasteiger partial charge >= 0.3 is 5.97 Å². The van der Waals surface area contributed by atoms with E-state index in [9.17, 15) is 14.4 Å². The van der Waals surface area contributed by atoms with Crippen LogP contribution in [0.1, 0.15) is 74.0 Å². The Bertz CT molecular complexity index is 1150. The molecule has 0 aromatic heterocycles. The van der Waals surface area contributed by atoms with E-state index in [4.69, 9.17) is 9.84 Å². The van der Waals surface area contributed by atoms with Crippen LogP contribution in [0, 0.1) is 5.92 Å². The smallest absolute Gasteiger partial charge is 0.303 e. The second kappa shape index (κ2) is 13.9. The molecule has 9 heteroatoms. The second-order valence-electron chi connectivity index (χ2n) is 10.3. The predicted octanol–water partition coefficient (Wildman–Crippen LogP) is 3.99. The van der Waals surface area contributed by atoms with Crippen LogP contribution in [0.5, 0.6) is 0 Å². The van der Waals surface area contributed by atoms with E-state index in [0.717, 1.165) is 48.8 Å². The number of carboxylic acid groups (broad SMARTS) is 1. The van der Waals surface area contributed by atoms with Crippen LogP contribution >= 0.6 is 0 Å². The zero-order valence-electron chi connectivity index (χ0n) is 22.5. The van der Waals surface area contributed by atoms with E-state index >= 15 is 0 Å². The molecule has 3 N–H and O–H groups in total. The molecule has 1 saturated carbocycles. The highest BCUT2D eigenvalue weighted by Crippen LogP contribution is 2.38. The molecular formula is C30H38N4O5. The Kier molecular flexibility index (Phi) is 10.1. The van der Waals surface area contributed by atoms with Gasteiger partial charge in [0.1, 0.15) is 0 Å². The van der Waals surface area contributed by atoms with Crippen LogP contribution in [-0.2, 0) is 25.7 Å². The molecule has 2 amide bonds. The van der Waals surface area contributed by atoms with Gasteiger partial charge in [-0.05, 0) is 68.3 Å². The number of unbranched alkanes of at least 4 members (excludes halogenated alkanes) is 1. The number of amides is 2. The van der Waals surface area contributed by atoms with E-state index in [2.05, 4.69) is 15.7 Å². The number of carbonyl (C=O) groups excluding carboxylic acids is 2. The van der Waals surface area contributed by atoms with Gasteiger partial charge in [-0.3, -0.25) is 14.4 Å². The standard InChI is InChI=1S/C30H38N4O5/c1-31-25(13-7-8-14-27(36)37)32-29(38)28(22-9-5-6-10-22)23-17-15-21(16-18-23)19-34-26(35)20-39-30(33-34)24-11-3-2-4-12-24/h2-4,11-12,15-18,22,25,28,31H,5-10,13-14,19-20H2,1H3,(H,32,38)(H,36,37). The van der Waals surface area contributed by atoms with Crippen molar-refractivity contribution in [1.82, 2.24) is 15.6 Å². The van der Waals surface area contributed by atoms with Gasteiger partial charge in [0.15, 0.2) is 6.61 Å². The number of carboxylic acids is 1. The second-order valence-corrected chi connectivity index (χ2v) is 10.3. The van der Waals surface area contributed by atoms with Gasteiger partial charge in [0, 0.05) is 12.0 Å². The number of nitrogens with zero attached hydrogens (tertiary/aromatic N) is 2. The Balaban J connectivity index is 1.43. The summed E-state index contributed by atoms with van der Waals surface area (Å²) in [6.07, 6.45) is 6.18. The quantitative estimate of drug-likeness (QED) is 0.264. The molecule has 1 aliphatic carbocycles. The van der Waals surface area contributed by atoms with Crippen molar-refractivity contribution in [3.05, 3.63) is 71.3 Å². The maximum Gasteiger partial charge on any atom is 0.303 e. The zero-order chi connectivity index (χ0) is 27.6. The van der Waals surface area contributed by atoms with E-state index in [1.807, 2.05) is 54.6 Å². The van der Waals surface area contributed by atoms with Gasteiger partial charge in [-0.25, -0.2) is 5.01 Å². The van der Waals surface area contributed by atoms with Crippen LogP contribution in [0.25, 0.3) is 0 Å². The number of hydrazone groups is 1. The Morgan fingerprint density at radius 1 is 1.08 bits per heavy atom.